The Morgan fingerprint density at radius 1 is 1.50 bits per heavy atom. The van der Waals surface area contributed by atoms with Gasteiger partial charge in [0.25, 0.3) is 6.02 Å². The van der Waals surface area contributed by atoms with Crippen LogP contribution in [0.1, 0.15) is 31.0 Å². The first-order chi connectivity index (χ1) is 9.54. The van der Waals surface area contributed by atoms with E-state index in [9.17, 15) is 9.90 Å². The van der Waals surface area contributed by atoms with Crippen LogP contribution in [0.5, 0.6) is 0 Å². The Bertz CT molecular complexity index is 592. The second-order valence-electron chi connectivity index (χ2n) is 4.21. The topological polar surface area (TPSA) is 73.8 Å². The third-order valence-electron chi connectivity index (χ3n) is 2.85. The van der Waals surface area contributed by atoms with Crippen molar-refractivity contribution in [1.29, 1.82) is 0 Å². The second kappa shape index (κ2) is 5.96. The van der Waals surface area contributed by atoms with Crippen molar-refractivity contribution < 1.29 is 14.6 Å². The molecule has 1 aromatic rings. The molecule has 1 aliphatic heterocycles. The lowest BCUT2D eigenvalue weighted by Crippen LogP contribution is -2.30. The highest BCUT2D eigenvalue weighted by Gasteiger charge is 2.24. The quantitative estimate of drug-likeness (QED) is 0.894. The number of hydrogen-bond donors (Lipinski definition) is 1. The summed E-state index contributed by atoms with van der Waals surface area (Å²) in [4.78, 5) is 15.4. The van der Waals surface area contributed by atoms with Crippen LogP contribution < -0.4 is 10.4 Å². The molecule has 0 aliphatic carbocycles. The summed E-state index contributed by atoms with van der Waals surface area (Å²) in [5, 5.41) is 14.8. The number of allylic oxidation sites excluding steroid dienone is 1. The van der Waals surface area contributed by atoms with Gasteiger partial charge in [-0.3, -0.25) is 0 Å². The lowest BCUT2D eigenvalue weighted by atomic mass is 9.98. The molecule has 0 saturated carbocycles. The predicted octanol–water partition coefficient (Wildman–Crippen LogP) is 1.40. The molecule has 0 unspecified atom stereocenters. The molecule has 2 rings (SSSR count). The van der Waals surface area contributed by atoms with Crippen LogP contribution in [0.4, 0.5) is 0 Å². The van der Waals surface area contributed by atoms with E-state index in [0.717, 1.165) is 0 Å². The van der Waals surface area contributed by atoms with E-state index in [1.165, 1.54) is 0 Å². The molecule has 0 amide bonds. The minimum Gasteiger partial charge on any atom is -0.547 e. The molecule has 1 heterocycles. The summed E-state index contributed by atoms with van der Waals surface area (Å²) in [6.07, 6.45) is 0. The highest BCUT2D eigenvalue weighted by molar-refractivity contribution is 6.32. The fraction of sp³-hybridized carbons (Fsp3) is 0.286. The third-order valence-corrected chi connectivity index (χ3v) is 3.04. The van der Waals surface area contributed by atoms with Gasteiger partial charge in [0.05, 0.1) is 18.3 Å². The number of carboxylic acids is 1. The number of aliphatic carboxylic acids is 1. The molecule has 0 saturated heterocycles. The lowest BCUT2D eigenvalue weighted by molar-refractivity contribution is -0.307. The van der Waals surface area contributed by atoms with Gasteiger partial charge in [0.15, 0.2) is 0 Å². The van der Waals surface area contributed by atoms with Crippen molar-refractivity contribution in [2.75, 3.05) is 6.61 Å². The van der Waals surface area contributed by atoms with Crippen LogP contribution in [0.15, 0.2) is 34.3 Å². The van der Waals surface area contributed by atoms with E-state index in [4.69, 9.17) is 16.3 Å². The Balaban J connectivity index is 2.63. The van der Waals surface area contributed by atoms with Gasteiger partial charge in [-0.25, -0.2) is 4.99 Å². The first kappa shape index (κ1) is 14.4. The van der Waals surface area contributed by atoms with Crippen molar-refractivity contribution in [3.63, 3.8) is 0 Å². The van der Waals surface area contributed by atoms with Crippen LogP contribution >= 0.6 is 11.6 Å². The van der Waals surface area contributed by atoms with Gasteiger partial charge in [0.2, 0.25) is 0 Å². The summed E-state index contributed by atoms with van der Waals surface area (Å²) >= 11 is 6.09. The van der Waals surface area contributed by atoms with Crippen molar-refractivity contribution in [3.05, 3.63) is 40.4 Å². The number of nitrogens with zero attached hydrogens (tertiary/aromatic N) is 1. The molecule has 0 radical (unpaired) electrons. The molecule has 0 fully saturated rings. The van der Waals surface area contributed by atoms with Crippen molar-refractivity contribution >= 4 is 29.3 Å². The number of carbonyl (C=O) groups is 1. The molecule has 1 N–H and O–H groups in total. The SMILES string of the molecule is CCOC1=N[C@@H](C(=O)[O-])c2ccccc2/C(=C(/C)Cl)N1. The minimum absolute atomic E-state index is 0.118. The molecular formula is C14H14ClN2O3-. The van der Waals surface area contributed by atoms with E-state index in [1.807, 2.05) is 0 Å². The van der Waals surface area contributed by atoms with Crippen molar-refractivity contribution in [2.45, 2.75) is 19.9 Å². The number of halogens is 1. The number of carboxylic acid groups (broad SMARTS) is 1. The molecule has 106 valence electrons. The van der Waals surface area contributed by atoms with Gasteiger partial charge in [0, 0.05) is 10.6 Å². The number of carbonyl (C=O) groups excluding carboxylic acids is 1. The molecule has 6 heteroatoms. The summed E-state index contributed by atoms with van der Waals surface area (Å²) in [7, 11) is 0. The average molecular weight is 294 g/mol. The Kier molecular flexibility index (Phi) is 4.29. The molecule has 0 bridgehead atoms. The first-order valence-corrected chi connectivity index (χ1v) is 6.56. The van der Waals surface area contributed by atoms with Crippen LogP contribution in [0, 0.1) is 0 Å². The molecule has 1 aromatic carbocycles. The van der Waals surface area contributed by atoms with E-state index in [2.05, 4.69) is 10.3 Å². The summed E-state index contributed by atoms with van der Waals surface area (Å²) in [6.45, 7) is 3.85. The Morgan fingerprint density at radius 3 is 2.80 bits per heavy atom. The van der Waals surface area contributed by atoms with E-state index in [-0.39, 0.29) is 6.02 Å². The number of benzene rings is 1. The Hall–Kier alpha value is -2.01. The van der Waals surface area contributed by atoms with Crippen molar-refractivity contribution in [3.8, 4) is 0 Å². The number of ether oxygens (including phenoxy) is 1. The normalized spacial score (nSPS) is 20.1. The second-order valence-corrected chi connectivity index (χ2v) is 4.78. The van der Waals surface area contributed by atoms with Gasteiger partial charge in [-0.2, -0.15) is 0 Å². The molecule has 1 aliphatic rings. The Morgan fingerprint density at radius 2 is 2.20 bits per heavy atom. The van der Waals surface area contributed by atoms with Crippen LogP contribution in [-0.4, -0.2) is 18.6 Å². The maximum Gasteiger partial charge on any atom is 0.290 e. The van der Waals surface area contributed by atoms with E-state index in [0.29, 0.717) is 28.5 Å². The summed E-state index contributed by atoms with van der Waals surface area (Å²) in [5.41, 5.74) is 1.77. The number of nitrogens with one attached hydrogen (secondary N) is 1. The lowest BCUT2D eigenvalue weighted by Gasteiger charge is -2.15. The average Bonchev–Trinajstić information content (AvgIpc) is 2.57. The monoisotopic (exact) mass is 293 g/mol. The summed E-state index contributed by atoms with van der Waals surface area (Å²) < 4.78 is 5.31. The van der Waals surface area contributed by atoms with Crippen LogP contribution in [0.2, 0.25) is 0 Å². The van der Waals surface area contributed by atoms with Crippen LogP contribution in [0.3, 0.4) is 0 Å². The van der Waals surface area contributed by atoms with Gasteiger partial charge >= 0.3 is 0 Å². The number of amidine groups is 1. The summed E-state index contributed by atoms with van der Waals surface area (Å²) in [6, 6.07) is 6.01. The summed E-state index contributed by atoms with van der Waals surface area (Å²) in [5.74, 6) is -1.29. The van der Waals surface area contributed by atoms with Gasteiger partial charge in [0.1, 0.15) is 6.04 Å². The first-order valence-electron chi connectivity index (χ1n) is 6.18. The van der Waals surface area contributed by atoms with Gasteiger partial charge in [-0.15, -0.1) is 0 Å². The number of fused-ring (bicyclic) bond motifs is 1. The molecule has 5 nitrogen and oxygen atoms in total. The molecule has 1 atom stereocenters. The van der Waals surface area contributed by atoms with E-state index in [1.54, 1.807) is 38.1 Å². The maximum atomic E-state index is 11.3. The zero-order chi connectivity index (χ0) is 14.7. The Labute approximate surface area is 121 Å². The highest BCUT2D eigenvalue weighted by atomic mass is 35.5. The number of aliphatic imine (C=N–C) groups is 1. The standard InChI is InChI=1S/C14H15ClN2O3/c1-3-20-14-16-11(8(2)15)9-6-4-5-7-10(9)12(17-14)13(18)19/h4-7,12H,3H2,1-2H3,(H,16,17)(H,18,19)/p-1/b11-8+/t12-/m1/s1. The van der Waals surface area contributed by atoms with Crippen molar-refractivity contribution in [2.24, 2.45) is 4.99 Å². The molecule has 20 heavy (non-hydrogen) atoms. The highest BCUT2D eigenvalue weighted by Crippen LogP contribution is 2.31. The van der Waals surface area contributed by atoms with Gasteiger partial charge in [-0.1, -0.05) is 35.9 Å². The molecule has 0 aromatic heterocycles. The predicted molar refractivity (Wildman–Crippen MR) is 74.8 cm³/mol. The van der Waals surface area contributed by atoms with E-state index >= 15 is 0 Å². The van der Waals surface area contributed by atoms with Gasteiger partial charge in [-0.05, 0) is 19.4 Å². The smallest absolute Gasteiger partial charge is 0.290 e. The fourth-order valence-electron chi connectivity index (χ4n) is 2.02. The van der Waals surface area contributed by atoms with Crippen LogP contribution in [-0.2, 0) is 9.53 Å². The molecule has 0 spiro atoms. The zero-order valence-corrected chi connectivity index (χ0v) is 11.9. The third kappa shape index (κ3) is 2.77. The largest absolute Gasteiger partial charge is 0.547 e. The van der Waals surface area contributed by atoms with Crippen LogP contribution in [0.25, 0.3) is 5.70 Å². The zero-order valence-electron chi connectivity index (χ0n) is 11.1. The number of rotatable bonds is 2. The molecular weight excluding hydrogens is 280 g/mol. The minimum atomic E-state index is -1.29. The van der Waals surface area contributed by atoms with E-state index < -0.39 is 12.0 Å². The van der Waals surface area contributed by atoms with Gasteiger partial charge < -0.3 is 20.0 Å². The maximum absolute atomic E-state index is 11.3. The fourth-order valence-corrected chi connectivity index (χ4v) is 2.17. The number of hydrogen-bond acceptors (Lipinski definition) is 5. The van der Waals surface area contributed by atoms with Crippen molar-refractivity contribution in [1.82, 2.24) is 5.32 Å².